The van der Waals surface area contributed by atoms with E-state index in [2.05, 4.69) is 15.0 Å². The van der Waals surface area contributed by atoms with Gasteiger partial charge in [0.1, 0.15) is 28.6 Å². The third kappa shape index (κ3) is 7.39. The van der Waals surface area contributed by atoms with Crippen molar-refractivity contribution in [3.8, 4) is 16.7 Å². The van der Waals surface area contributed by atoms with Crippen LogP contribution in [0.3, 0.4) is 0 Å². The summed E-state index contributed by atoms with van der Waals surface area (Å²) >= 11 is 1.15. The number of aromatic hydroxyl groups is 1. The van der Waals surface area contributed by atoms with E-state index >= 15 is 0 Å². The van der Waals surface area contributed by atoms with Crippen LogP contribution in [0.1, 0.15) is 63.4 Å². The monoisotopic (exact) mass is 545 g/mol. The number of amides is 1. The van der Waals surface area contributed by atoms with Gasteiger partial charge in [0.25, 0.3) is 5.19 Å². The molecule has 200 valence electrons. The van der Waals surface area contributed by atoms with Gasteiger partial charge in [0, 0.05) is 18.2 Å². The first-order chi connectivity index (χ1) is 19.2. The highest BCUT2D eigenvalue weighted by Gasteiger charge is 2.22. The van der Waals surface area contributed by atoms with Crippen molar-refractivity contribution in [1.82, 2.24) is 10.3 Å². The van der Waals surface area contributed by atoms with E-state index in [1.807, 2.05) is 0 Å². The van der Waals surface area contributed by atoms with Gasteiger partial charge in [-0.2, -0.15) is 0 Å². The maximum Gasteiger partial charge on any atom is 0.410 e. The van der Waals surface area contributed by atoms with E-state index in [1.165, 1.54) is 49.5 Å². The Kier molecular flexibility index (Phi) is 8.13. The molecule has 2 aromatic heterocycles. The number of methoxy groups -OCH3 is 1. The van der Waals surface area contributed by atoms with Gasteiger partial charge in [0.2, 0.25) is 0 Å². The van der Waals surface area contributed by atoms with Crippen LogP contribution in [0.4, 0.5) is 9.18 Å². The molecule has 0 bridgehead atoms. The fourth-order valence-corrected chi connectivity index (χ4v) is 4.24. The standard InChI is InChI=1S/C27H27FN2O7S/c1-15(7-5-6-12-29-26(34)35-4)21-14-20(31)23(25(33)37-21)24(32)16(2)13-22-17(3)30-27(38-22)36-19-10-8-18(28)9-11-19/h6,8-15,31H,5,7H2,1-4H3,(H,29,34)/b12-6+,16-13?/i4D3. The summed E-state index contributed by atoms with van der Waals surface area (Å²) in [5.41, 5.74) is -0.770. The van der Waals surface area contributed by atoms with Crippen molar-refractivity contribution in [2.45, 2.75) is 39.5 Å². The number of allylic oxidation sites excluding steroid dienone is 2. The molecule has 2 heterocycles. The number of aryl methyl sites for hydroxylation is 1. The lowest BCUT2D eigenvalue weighted by Gasteiger charge is -2.11. The predicted molar refractivity (Wildman–Crippen MR) is 140 cm³/mol. The predicted octanol–water partition coefficient (Wildman–Crippen LogP) is 6.08. The first-order valence-corrected chi connectivity index (χ1v) is 12.2. The van der Waals surface area contributed by atoms with E-state index in [9.17, 15) is 23.9 Å². The minimum atomic E-state index is -2.85. The summed E-state index contributed by atoms with van der Waals surface area (Å²) in [6.45, 7) is 4.95. The molecule has 11 heteroatoms. The molecule has 1 amide bonds. The van der Waals surface area contributed by atoms with Gasteiger partial charge >= 0.3 is 11.7 Å². The van der Waals surface area contributed by atoms with Gasteiger partial charge in [-0.25, -0.2) is 19.0 Å². The third-order valence-electron chi connectivity index (χ3n) is 5.38. The van der Waals surface area contributed by atoms with Gasteiger partial charge in [-0.1, -0.05) is 24.3 Å². The number of hydrogen-bond acceptors (Lipinski definition) is 9. The number of Topliss-reactive ketones (excluding diaryl/α,β-unsaturated/α-hetero) is 1. The average molecular weight is 546 g/mol. The Bertz CT molecular complexity index is 1530. The number of carbonyl (C=O) groups is 2. The molecule has 0 aliphatic carbocycles. The maximum atomic E-state index is 13.1. The van der Waals surface area contributed by atoms with Gasteiger partial charge in [-0.15, -0.1) is 0 Å². The molecule has 2 N–H and O–H groups in total. The Morgan fingerprint density at radius 1 is 1.34 bits per heavy atom. The summed E-state index contributed by atoms with van der Waals surface area (Å²) in [6, 6.07) is 6.65. The first kappa shape index (κ1) is 24.1. The Morgan fingerprint density at radius 3 is 2.76 bits per heavy atom. The van der Waals surface area contributed by atoms with Crippen LogP contribution in [0.25, 0.3) is 6.08 Å². The molecule has 0 fully saturated rings. The van der Waals surface area contributed by atoms with Crippen LogP contribution >= 0.6 is 11.3 Å². The third-order valence-corrected chi connectivity index (χ3v) is 6.36. The first-order valence-electron chi connectivity index (χ1n) is 12.9. The van der Waals surface area contributed by atoms with Gasteiger partial charge < -0.3 is 19.0 Å². The lowest BCUT2D eigenvalue weighted by atomic mass is 10.00. The number of carbonyl (C=O) groups excluding carboxylic acids is 2. The molecule has 0 spiro atoms. The number of aromatic nitrogens is 1. The van der Waals surface area contributed by atoms with Crippen molar-refractivity contribution in [3.05, 3.63) is 86.3 Å². The number of halogens is 1. The number of benzene rings is 1. The average Bonchev–Trinajstić information content (AvgIpc) is 3.21. The molecule has 3 aromatic rings. The molecule has 0 aliphatic rings. The molecular weight excluding hydrogens is 515 g/mol. The van der Waals surface area contributed by atoms with Crippen molar-refractivity contribution >= 4 is 29.3 Å². The summed E-state index contributed by atoms with van der Waals surface area (Å²) in [7, 11) is -2.85. The van der Waals surface area contributed by atoms with E-state index in [-0.39, 0.29) is 22.4 Å². The number of ether oxygens (including phenoxy) is 2. The van der Waals surface area contributed by atoms with Crippen molar-refractivity contribution in [1.29, 1.82) is 0 Å². The second-order valence-electron chi connectivity index (χ2n) is 8.25. The fraction of sp³-hybridized carbons (Fsp3) is 0.259. The normalized spacial score (nSPS) is 13.9. The topological polar surface area (TPSA) is 128 Å². The number of hydrogen-bond donors (Lipinski definition) is 2. The van der Waals surface area contributed by atoms with Crippen LogP contribution < -0.4 is 15.7 Å². The van der Waals surface area contributed by atoms with E-state index in [0.717, 1.165) is 11.3 Å². The number of nitrogens with zero attached hydrogens (tertiary/aromatic N) is 1. The van der Waals surface area contributed by atoms with Gasteiger partial charge in [0.05, 0.1) is 21.7 Å². The van der Waals surface area contributed by atoms with Crippen LogP contribution in [-0.2, 0) is 4.74 Å². The molecule has 0 radical (unpaired) electrons. The summed E-state index contributed by atoms with van der Waals surface area (Å²) in [5.74, 6) is -1.43. The number of ketones is 1. The Balaban J connectivity index is 1.65. The van der Waals surface area contributed by atoms with Gasteiger partial charge in [0.15, 0.2) is 5.78 Å². The number of rotatable bonds is 10. The maximum absolute atomic E-state index is 13.1. The molecule has 0 saturated heterocycles. The molecule has 1 unspecified atom stereocenters. The van der Waals surface area contributed by atoms with E-state index in [0.29, 0.717) is 29.2 Å². The smallest absolute Gasteiger partial charge is 0.410 e. The van der Waals surface area contributed by atoms with E-state index in [4.69, 9.17) is 13.3 Å². The summed E-state index contributed by atoms with van der Waals surface area (Å²) < 4.78 is 48.8. The van der Waals surface area contributed by atoms with Crippen LogP contribution in [0.2, 0.25) is 0 Å². The fourth-order valence-electron chi connectivity index (χ4n) is 3.30. The summed E-state index contributed by atoms with van der Waals surface area (Å²) in [6.07, 6.45) is 4.03. The van der Waals surface area contributed by atoms with Crippen LogP contribution in [-0.4, -0.2) is 29.0 Å². The Hall–Kier alpha value is -4.25. The van der Waals surface area contributed by atoms with Gasteiger partial charge in [-0.05, 0) is 62.6 Å². The second-order valence-corrected chi connectivity index (χ2v) is 9.25. The molecule has 38 heavy (non-hydrogen) atoms. The molecular formula is C27H27FN2O7S. The summed E-state index contributed by atoms with van der Waals surface area (Å²) in [5, 5.41) is 13.0. The minimum Gasteiger partial charge on any atom is -0.507 e. The van der Waals surface area contributed by atoms with Crippen LogP contribution in [0.5, 0.6) is 16.7 Å². The lowest BCUT2D eigenvalue weighted by Crippen LogP contribution is -2.16. The number of alkyl carbamates (subject to hydrolysis) is 1. The molecule has 0 aliphatic heterocycles. The van der Waals surface area contributed by atoms with E-state index in [1.54, 1.807) is 19.9 Å². The Morgan fingerprint density at radius 2 is 2.08 bits per heavy atom. The van der Waals surface area contributed by atoms with Crippen molar-refractivity contribution in [3.63, 3.8) is 0 Å². The number of nitrogens with one attached hydrogen (secondary N) is 1. The SMILES string of the molecule is [2H]C([2H])([2H])OC(=O)N/C=C/CCC(C)c1cc(O)c(C(=O)C(C)=Cc2sc(Oc3ccc(F)cc3)nc2C)c(=O)o1. The molecule has 1 aromatic carbocycles. The highest BCUT2D eigenvalue weighted by molar-refractivity contribution is 7.14. The zero-order valence-corrected chi connectivity index (χ0v) is 21.6. The molecule has 9 nitrogen and oxygen atoms in total. The van der Waals surface area contributed by atoms with Crippen molar-refractivity contribution in [2.75, 3.05) is 7.04 Å². The van der Waals surface area contributed by atoms with Crippen molar-refractivity contribution < 1.29 is 37.1 Å². The van der Waals surface area contributed by atoms with Crippen molar-refractivity contribution in [2.24, 2.45) is 0 Å². The molecule has 3 rings (SSSR count). The zero-order valence-electron chi connectivity index (χ0n) is 23.7. The summed E-state index contributed by atoms with van der Waals surface area (Å²) in [4.78, 5) is 41.9. The van der Waals surface area contributed by atoms with Crippen LogP contribution in [0.15, 0.2) is 57.4 Å². The molecule has 1 atom stereocenters. The minimum absolute atomic E-state index is 0.156. The molecule has 0 saturated carbocycles. The highest BCUT2D eigenvalue weighted by atomic mass is 32.1. The largest absolute Gasteiger partial charge is 0.507 e. The van der Waals surface area contributed by atoms with Gasteiger partial charge in [-0.3, -0.25) is 10.1 Å². The van der Waals surface area contributed by atoms with E-state index < -0.39 is 41.7 Å². The quantitative estimate of drug-likeness (QED) is 0.232. The highest BCUT2D eigenvalue weighted by Crippen LogP contribution is 2.32. The number of thiazole rings is 1. The van der Waals surface area contributed by atoms with Crippen LogP contribution in [0, 0.1) is 12.7 Å². The zero-order chi connectivity index (χ0) is 30.3. The lowest BCUT2D eigenvalue weighted by molar-refractivity contribution is 0.102. The second kappa shape index (κ2) is 12.8. The Labute approximate surface area is 226 Å².